The predicted molar refractivity (Wildman–Crippen MR) is 96.5 cm³/mol. The van der Waals surface area contributed by atoms with Crippen molar-refractivity contribution in [2.45, 2.75) is 40.0 Å². The van der Waals surface area contributed by atoms with Crippen LogP contribution in [0.5, 0.6) is 23.0 Å². The normalized spacial score (nSPS) is 12.5. The average Bonchev–Trinajstić information content (AvgIpc) is 3.05. The van der Waals surface area contributed by atoms with Gasteiger partial charge in [-0.15, -0.1) is 0 Å². The zero-order chi connectivity index (χ0) is 17.6. The van der Waals surface area contributed by atoms with E-state index in [1.807, 2.05) is 51.1 Å². The Kier molecular flexibility index (Phi) is 5.66. The van der Waals surface area contributed by atoms with Gasteiger partial charge in [0.05, 0.1) is 12.7 Å². The Bertz CT molecular complexity index is 715. The molecule has 1 aliphatic heterocycles. The summed E-state index contributed by atoms with van der Waals surface area (Å²) in [7, 11) is 0. The van der Waals surface area contributed by atoms with E-state index in [2.05, 4.69) is 11.4 Å². The Morgan fingerprint density at radius 2 is 1.68 bits per heavy atom. The Balaban J connectivity index is 1.59. The van der Waals surface area contributed by atoms with Gasteiger partial charge in [0, 0.05) is 13.1 Å². The van der Waals surface area contributed by atoms with E-state index in [1.54, 1.807) is 0 Å². The summed E-state index contributed by atoms with van der Waals surface area (Å²) in [6.45, 7) is 8.41. The van der Waals surface area contributed by atoms with Crippen LogP contribution < -0.4 is 24.3 Å². The van der Waals surface area contributed by atoms with E-state index in [1.165, 1.54) is 0 Å². The van der Waals surface area contributed by atoms with Crippen LogP contribution in [0.15, 0.2) is 36.4 Å². The highest BCUT2D eigenvalue weighted by atomic mass is 16.7. The van der Waals surface area contributed by atoms with Gasteiger partial charge in [0.25, 0.3) is 0 Å². The van der Waals surface area contributed by atoms with Crippen molar-refractivity contribution in [3.63, 3.8) is 0 Å². The topological polar surface area (TPSA) is 49.0 Å². The lowest BCUT2D eigenvalue weighted by Gasteiger charge is -2.15. The standard InChI is InChI=1S/C20H25NO4/c1-4-22-20-10-16(6-8-18(20)25-14(2)3)12-21-11-15-5-7-17-19(9-15)24-13-23-17/h5-10,14,21H,4,11-13H2,1-3H3. The highest BCUT2D eigenvalue weighted by Gasteiger charge is 2.13. The molecular formula is C20H25NO4. The first-order valence-electron chi connectivity index (χ1n) is 8.67. The monoisotopic (exact) mass is 343 g/mol. The third kappa shape index (κ3) is 4.57. The van der Waals surface area contributed by atoms with Crippen molar-refractivity contribution in [2.24, 2.45) is 0 Å². The van der Waals surface area contributed by atoms with Gasteiger partial charge in [0.1, 0.15) is 0 Å². The third-order valence-corrected chi connectivity index (χ3v) is 3.77. The summed E-state index contributed by atoms with van der Waals surface area (Å²) in [6.07, 6.45) is 0.120. The average molecular weight is 343 g/mol. The molecule has 0 saturated heterocycles. The number of rotatable bonds is 8. The van der Waals surface area contributed by atoms with Crippen LogP contribution in [-0.2, 0) is 13.1 Å². The van der Waals surface area contributed by atoms with Crippen molar-refractivity contribution in [1.82, 2.24) is 5.32 Å². The fourth-order valence-electron chi connectivity index (χ4n) is 2.68. The van der Waals surface area contributed by atoms with Gasteiger partial charge >= 0.3 is 0 Å². The minimum absolute atomic E-state index is 0.120. The minimum Gasteiger partial charge on any atom is -0.490 e. The van der Waals surface area contributed by atoms with Gasteiger partial charge in [-0.1, -0.05) is 12.1 Å². The Labute approximate surface area is 148 Å². The van der Waals surface area contributed by atoms with Gasteiger partial charge in [-0.2, -0.15) is 0 Å². The molecule has 1 heterocycles. The first-order valence-corrected chi connectivity index (χ1v) is 8.67. The summed E-state index contributed by atoms with van der Waals surface area (Å²) >= 11 is 0. The van der Waals surface area contributed by atoms with E-state index in [0.29, 0.717) is 13.4 Å². The second-order valence-electron chi connectivity index (χ2n) is 6.17. The number of benzene rings is 2. The summed E-state index contributed by atoms with van der Waals surface area (Å²) in [6, 6.07) is 12.1. The number of hydrogen-bond acceptors (Lipinski definition) is 5. The molecule has 0 aromatic heterocycles. The molecule has 5 heteroatoms. The van der Waals surface area contributed by atoms with Crippen LogP contribution in [-0.4, -0.2) is 19.5 Å². The molecule has 5 nitrogen and oxygen atoms in total. The predicted octanol–water partition coefficient (Wildman–Crippen LogP) is 3.89. The molecule has 0 atom stereocenters. The van der Waals surface area contributed by atoms with Crippen LogP contribution in [0.1, 0.15) is 31.9 Å². The molecule has 0 saturated carbocycles. The molecular weight excluding hydrogens is 318 g/mol. The molecule has 2 aromatic carbocycles. The fourth-order valence-corrected chi connectivity index (χ4v) is 2.68. The van der Waals surface area contributed by atoms with Gasteiger partial charge in [-0.05, 0) is 56.2 Å². The molecule has 0 unspecified atom stereocenters. The van der Waals surface area contributed by atoms with Gasteiger partial charge in [0.2, 0.25) is 6.79 Å². The maximum Gasteiger partial charge on any atom is 0.231 e. The quantitative estimate of drug-likeness (QED) is 0.788. The maximum absolute atomic E-state index is 5.80. The number of ether oxygens (including phenoxy) is 4. The van der Waals surface area contributed by atoms with Crippen LogP contribution in [0.3, 0.4) is 0 Å². The van der Waals surface area contributed by atoms with Crippen LogP contribution >= 0.6 is 0 Å². The lowest BCUT2D eigenvalue weighted by molar-refractivity contribution is 0.174. The molecule has 0 radical (unpaired) electrons. The summed E-state index contributed by atoms with van der Waals surface area (Å²) in [4.78, 5) is 0. The zero-order valence-corrected chi connectivity index (χ0v) is 15.0. The van der Waals surface area contributed by atoms with Gasteiger partial charge in [0.15, 0.2) is 23.0 Å². The van der Waals surface area contributed by atoms with E-state index in [-0.39, 0.29) is 6.10 Å². The first-order chi connectivity index (χ1) is 12.2. The van der Waals surface area contributed by atoms with Crippen molar-refractivity contribution in [3.05, 3.63) is 47.5 Å². The summed E-state index contributed by atoms with van der Waals surface area (Å²) in [5.41, 5.74) is 2.31. The van der Waals surface area contributed by atoms with Gasteiger partial charge in [-0.3, -0.25) is 0 Å². The summed E-state index contributed by atoms with van der Waals surface area (Å²) < 4.78 is 22.3. The maximum atomic E-state index is 5.80. The number of fused-ring (bicyclic) bond motifs is 1. The molecule has 0 spiro atoms. The second-order valence-corrected chi connectivity index (χ2v) is 6.17. The molecule has 1 aliphatic rings. The van der Waals surface area contributed by atoms with E-state index in [0.717, 1.165) is 47.2 Å². The SMILES string of the molecule is CCOc1cc(CNCc2ccc3c(c2)OCO3)ccc1OC(C)C. The molecule has 25 heavy (non-hydrogen) atoms. The molecule has 0 fully saturated rings. The molecule has 1 N–H and O–H groups in total. The van der Waals surface area contributed by atoms with E-state index in [4.69, 9.17) is 18.9 Å². The Morgan fingerprint density at radius 1 is 0.960 bits per heavy atom. The van der Waals surface area contributed by atoms with Gasteiger partial charge < -0.3 is 24.3 Å². The molecule has 0 bridgehead atoms. The highest BCUT2D eigenvalue weighted by molar-refractivity contribution is 5.45. The minimum atomic E-state index is 0.120. The first kappa shape index (κ1) is 17.4. The van der Waals surface area contributed by atoms with Crippen LogP contribution in [0, 0.1) is 0 Å². The van der Waals surface area contributed by atoms with Crippen LogP contribution in [0.4, 0.5) is 0 Å². The molecule has 134 valence electrons. The number of hydrogen-bond donors (Lipinski definition) is 1. The summed E-state index contributed by atoms with van der Waals surface area (Å²) in [5.74, 6) is 3.20. The molecule has 0 amide bonds. The van der Waals surface area contributed by atoms with Crippen molar-refractivity contribution in [3.8, 4) is 23.0 Å². The van der Waals surface area contributed by atoms with E-state index < -0.39 is 0 Å². The number of nitrogens with one attached hydrogen (secondary N) is 1. The molecule has 3 rings (SSSR count). The lowest BCUT2D eigenvalue weighted by atomic mass is 10.1. The van der Waals surface area contributed by atoms with Crippen molar-refractivity contribution >= 4 is 0 Å². The zero-order valence-electron chi connectivity index (χ0n) is 15.0. The Morgan fingerprint density at radius 3 is 2.44 bits per heavy atom. The Hall–Kier alpha value is -2.40. The second kappa shape index (κ2) is 8.12. The molecule has 2 aromatic rings. The lowest BCUT2D eigenvalue weighted by Crippen LogP contribution is -2.13. The summed E-state index contributed by atoms with van der Waals surface area (Å²) in [5, 5.41) is 3.45. The van der Waals surface area contributed by atoms with Crippen molar-refractivity contribution in [2.75, 3.05) is 13.4 Å². The largest absolute Gasteiger partial charge is 0.490 e. The fraction of sp³-hybridized carbons (Fsp3) is 0.400. The smallest absolute Gasteiger partial charge is 0.231 e. The van der Waals surface area contributed by atoms with Crippen molar-refractivity contribution in [1.29, 1.82) is 0 Å². The van der Waals surface area contributed by atoms with E-state index >= 15 is 0 Å². The highest BCUT2D eigenvalue weighted by Crippen LogP contribution is 2.32. The third-order valence-electron chi connectivity index (χ3n) is 3.77. The van der Waals surface area contributed by atoms with Gasteiger partial charge in [-0.25, -0.2) is 0 Å². The van der Waals surface area contributed by atoms with E-state index in [9.17, 15) is 0 Å². The van der Waals surface area contributed by atoms with Crippen molar-refractivity contribution < 1.29 is 18.9 Å². The molecule has 0 aliphatic carbocycles. The van der Waals surface area contributed by atoms with Crippen LogP contribution in [0.2, 0.25) is 0 Å². The van der Waals surface area contributed by atoms with Crippen LogP contribution in [0.25, 0.3) is 0 Å².